The Labute approximate surface area is 86.8 Å². The second-order valence-electron chi connectivity index (χ2n) is 2.72. The van der Waals surface area contributed by atoms with Gasteiger partial charge in [-0.2, -0.15) is 0 Å². The van der Waals surface area contributed by atoms with Gasteiger partial charge in [0.2, 0.25) is 9.84 Å². The summed E-state index contributed by atoms with van der Waals surface area (Å²) in [6.45, 7) is 0. The molecule has 0 bridgehead atoms. The van der Waals surface area contributed by atoms with Gasteiger partial charge in [-0.3, -0.25) is 4.98 Å². The van der Waals surface area contributed by atoms with E-state index in [0.717, 1.165) is 0 Å². The molecule has 0 atom stereocenters. The maximum absolute atomic E-state index is 11.9. The van der Waals surface area contributed by atoms with Crippen molar-refractivity contribution in [1.29, 1.82) is 0 Å². The molecule has 0 saturated heterocycles. The van der Waals surface area contributed by atoms with Gasteiger partial charge in [-0.25, -0.2) is 18.4 Å². The molecular weight excluding hydrogens is 214 g/mol. The maximum atomic E-state index is 11.9. The van der Waals surface area contributed by atoms with Gasteiger partial charge in [0.15, 0.2) is 10.1 Å². The van der Waals surface area contributed by atoms with Crippen LogP contribution in [0.15, 0.2) is 53.0 Å². The second-order valence-corrected chi connectivity index (χ2v) is 4.56. The lowest BCUT2D eigenvalue weighted by Gasteiger charge is -2.00. The van der Waals surface area contributed by atoms with E-state index in [-0.39, 0.29) is 10.1 Å². The molecule has 76 valence electrons. The number of nitrogens with zero attached hydrogens (tertiary/aromatic N) is 3. The second kappa shape index (κ2) is 3.74. The Balaban J connectivity index is 2.55. The molecule has 0 saturated carbocycles. The van der Waals surface area contributed by atoms with Crippen LogP contribution in [0, 0.1) is 0 Å². The minimum absolute atomic E-state index is 0.0227. The molecule has 0 N–H and O–H groups in total. The number of aromatic nitrogens is 3. The van der Waals surface area contributed by atoms with Crippen LogP contribution < -0.4 is 0 Å². The molecule has 0 radical (unpaired) electrons. The van der Waals surface area contributed by atoms with Gasteiger partial charge in [-0.05, 0) is 12.1 Å². The van der Waals surface area contributed by atoms with E-state index in [1.807, 2.05) is 0 Å². The third-order valence-electron chi connectivity index (χ3n) is 1.73. The average molecular weight is 221 g/mol. The molecule has 0 aromatic carbocycles. The van der Waals surface area contributed by atoms with Crippen LogP contribution >= 0.6 is 0 Å². The zero-order chi connectivity index (χ0) is 10.7. The molecule has 0 amide bonds. The first-order chi connectivity index (χ1) is 7.21. The fourth-order valence-electron chi connectivity index (χ4n) is 1.04. The highest BCUT2D eigenvalue weighted by molar-refractivity contribution is 7.91. The number of hydrogen-bond donors (Lipinski definition) is 0. The molecule has 15 heavy (non-hydrogen) atoms. The SMILES string of the molecule is O=S(=O)(c1ccccn1)c1cnccn1. The zero-order valence-electron chi connectivity index (χ0n) is 7.61. The molecule has 2 heterocycles. The summed E-state index contributed by atoms with van der Waals surface area (Å²) in [4.78, 5) is 11.2. The van der Waals surface area contributed by atoms with Crippen molar-refractivity contribution in [3.63, 3.8) is 0 Å². The van der Waals surface area contributed by atoms with Crippen LogP contribution in [-0.4, -0.2) is 23.4 Å². The Morgan fingerprint density at radius 1 is 0.933 bits per heavy atom. The van der Waals surface area contributed by atoms with E-state index in [9.17, 15) is 8.42 Å². The van der Waals surface area contributed by atoms with Crippen LogP contribution in [0.25, 0.3) is 0 Å². The topological polar surface area (TPSA) is 72.8 Å². The van der Waals surface area contributed by atoms with E-state index >= 15 is 0 Å². The minimum Gasteiger partial charge on any atom is -0.260 e. The largest absolute Gasteiger partial charge is 0.260 e. The summed E-state index contributed by atoms with van der Waals surface area (Å²) in [6, 6.07) is 4.68. The van der Waals surface area contributed by atoms with Crippen molar-refractivity contribution >= 4 is 9.84 Å². The molecule has 0 spiro atoms. The first-order valence-corrected chi connectivity index (χ1v) is 5.62. The van der Waals surface area contributed by atoms with Gasteiger partial charge in [0.05, 0.1) is 6.20 Å². The minimum atomic E-state index is -3.62. The number of sulfone groups is 1. The van der Waals surface area contributed by atoms with Gasteiger partial charge < -0.3 is 0 Å². The van der Waals surface area contributed by atoms with Gasteiger partial charge in [0.25, 0.3) is 0 Å². The van der Waals surface area contributed by atoms with E-state index < -0.39 is 9.84 Å². The van der Waals surface area contributed by atoms with Gasteiger partial charge in [0, 0.05) is 18.6 Å². The summed E-state index contributed by atoms with van der Waals surface area (Å²) < 4.78 is 23.7. The van der Waals surface area contributed by atoms with E-state index in [0.29, 0.717) is 0 Å². The highest BCUT2D eigenvalue weighted by Gasteiger charge is 2.19. The van der Waals surface area contributed by atoms with Crippen molar-refractivity contribution in [3.05, 3.63) is 43.0 Å². The molecule has 2 aromatic rings. The molecular formula is C9H7N3O2S. The predicted molar refractivity (Wildman–Crippen MR) is 51.7 cm³/mol. The van der Waals surface area contributed by atoms with Crippen LogP contribution in [0.1, 0.15) is 0 Å². The maximum Gasteiger partial charge on any atom is 0.242 e. The fraction of sp³-hybridized carbons (Fsp3) is 0. The lowest BCUT2D eigenvalue weighted by Crippen LogP contribution is -2.06. The molecule has 6 heteroatoms. The summed E-state index contributed by atoms with van der Waals surface area (Å²) in [5.74, 6) is 0. The fourth-order valence-corrected chi connectivity index (χ4v) is 2.11. The highest BCUT2D eigenvalue weighted by Crippen LogP contribution is 2.14. The van der Waals surface area contributed by atoms with Crippen LogP contribution in [0.4, 0.5) is 0 Å². The van der Waals surface area contributed by atoms with Gasteiger partial charge in [-0.15, -0.1) is 0 Å². The Kier molecular flexibility index (Phi) is 2.42. The Morgan fingerprint density at radius 3 is 2.33 bits per heavy atom. The van der Waals surface area contributed by atoms with Crippen molar-refractivity contribution < 1.29 is 8.42 Å². The summed E-state index contributed by atoms with van der Waals surface area (Å²) in [5.41, 5.74) is 0. The number of pyridine rings is 1. The third kappa shape index (κ3) is 1.84. The van der Waals surface area contributed by atoms with E-state index in [1.165, 1.54) is 30.9 Å². The van der Waals surface area contributed by atoms with Crippen LogP contribution in [-0.2, 0) is 9.84 Å². The molecule has 2 rings (SSSR count). The molecule has 5 nitrogen and oxygen atoms in total. The monoisotopic (exact) mass is 221 g/mol. The first-order valence-electron chi connectivity index (χ1n) is 4.13. The van der Waals surface area contributed by atoms with E-state index in [4.69, 9.17) is 0 Å². The molecule has 0 aliphatic heterocycles. The van der Waals surface area contributed by atoms with Crippen LogP contribution in [0.2, 0.25) is 0 Å². The van der Waals surface area contributed by atoms with Gasteiger partial charge >= 0.3 is 0 Å². The van der Waals surface area contributed by atoms with Crippen LogP contribution in [0.3, 0.4) is 0 Å². The Hall–Kier alpha value is -1.82. The van der Waals surface area contributed by atoms with Crippen molar-refractivity contribution in [2.75, 3.05) is 0 Å². The lowest BCUT2D eigenvalue weighted by molar-refractivity contribution is 0.588. The number of rotatable bonds is 2. The van der Waals surface area contributed by atoms with Crippen molar-refractivity contribution in [1.82, 2.24) is 15.0 Å². The van der Waals surface area contributed by atoms with Crippen molar-refractivity contribution in [2.45, 2.75) is 10.1 Å². The molecule has 0 unspecified atom stereocenters. The highest BCUT2D eigenvalue weighted by atomic mass is 32.2. The lowest BCUT2D eigenvalue weighted by atomic mass is 10.5. The standard InChI is InChI=1S/C9H7N3O2S/c13-15(14,8-3-1-2-4-11-8)9-7-10-5-6-12-9/h1-7H. The summed E-state index contributed by atoms with van der Waals surface area (Å²) in [5, 5.41) is -0.116. The van der Waals surface area contributed by atoms with E-state index in [2.05, 4.69) is 15.0 Å². The predicted octanol–water partition coefficient (Wildman–Crippen LogP) is 0.704. The smallest absolute Gasteiger partial charge is 0.242 e. The number of hydrogen-bond acceptors (Lipinski definition) is 5. The Morgan fingerprint density at radius 2 is 1.73 bits per heavy atom. The van der Waals surface area contributed by atoms with Crippen molar-refractivity contribution in [2.24, 2.45) is 0 Å². The molecule has 0 aliphatic rings. The molecule has 2 aromatic heterocycles. The Bertz CT molecular complexity index is 495. The molecule has 0 fully saturated rings. The zero-order valence-corrected chi connectivity index (χ0v) is 8.42. The molecule has 0 aliphatic carbocycles. The summed E-state index contributed by atoms with van der Waals surface area (Å²) in [7, 11) is -3.62. The third-order valence-corrected chi connectivity index (χ3v) is 3.28. The quantitative estimate of drug-likeness (QED) is 0.746. The average Bonchev–Trinajstić information content (AvgIpc) is 2.31. The van der Waals surface area contributed by atoms with Gasteiger partial charge in [0.1, 0.15) is 0 Å². The normalized spacial score (nSPS) is 11.2. The first kappa shape index (κ1) is 9.72. The van der Waals surface area contributed by atoms with Crippen LogP contribution in [0.5, 0.6) is 0 Å². The van der Waals surface area contributed by atoms with E-state index in [1.54, 1.807) is 12.1 Å². The van der Waals surface area contributed by atoms with Gasteiger partial charge in [-0.1, -0.05) is 6.07 Å². The summed E-state index contributed by atoms with van der Waals surface area (Å²) in [6.07, 6.45) is 5.36. The van der Waals surface area contributed by atoms with Crippen molar-refractivity contribution in [3.8, 4) is 0 Å². The summed E-state index contributed by atoms with van der Waals surface area (Å²) >= 11 is 0.